The summed E-state index contributed by atoms with van der Waals surface area (Å²) in [5.74, 6) is 0.183. The lowest BCUT2D eigenvalue weighted by atomic mass is 10.1. The lowest BCUT2D eigenvalue weighted by molar-refractivity contribution is -0.115. The molecule has 2 heterocycles. The second-order valence-corrected chi connectivity index (χ2v) is 11.2. The van der Waals surface area contributed by atoms with Gasteiger partial charge in [-0.25, -0.2) is 13.4 Å². The smallest absolute Gasteiger partial charge is 0.263 e. The van der Waals surface area contributed by atoms with Crippen LogP contribution in [0.15, 0.2) is 82.7 Å². The summed E-state index contributed by atoms with van der Waals surface area (Å²) in [6, 6.07) is 22.2. The second-order valence-electron chi connectivity index (χ2n) is 8.04. The summed E-state index contributed by atoms with van der Waals surface area (Å²) < 4.78 is 27.4. The molecule has 0 fully saturated rings. The molecule has 0 spiro atoms. The van der Waals surface area contributed by atoms with E-state index < -0.39 is 10.0 Å². The van der Waals surface area contributed by atoms with Gasteiger partial charge in [-0.2, -0.15) is 5.26 Å². The Bertz CT molecular complexity index is 1590. The minimum absolute atomic E-state index is 0.00799. The third-order valence-electron chi connectivity index (χ3n) is 5.22. The second kappa shape index (κ2) is 12.0. The number of hydrogen-bond acceptors (Lipinski definition) is 8. The third kappa shape index (κ3) is 7.07. The number of nitrogens with one attached hydrogen (secondary N) is 2. The molecule has 1 amide bonds. The van der Waals surface area contributed by atoms with Gasteiger partial charge >= 0.3 is 0 Å². The molecule has 0 saturated heterocycles. The number of carbonyl (C=O) groups is 1. The lowest BCUT2D eigenvalue weighted by Crippen LogP contribution is -2.15. The van der Waals surface area contributed by atoms with Crippen molar-refractivity contribution in [1.29, 1.82) is 5.26 Å². The average Bonchev–Trinajstić information content (AvgIpc) is 2.90. The van der Waals surface area contributed by atoms with Gasteiger partial charge in [-0.15, -0.1) is 22.0 Å². The van der Waals surface area contributed by atoms with Crippen LogP contribution in [0.5, 0.6) is 0 Å². The van der Waals surface area contributed by atoms with Crippen LogP contribution in [-0.2, 0) is 14.8 Å². The van der Waals surface area contributed by atoms with Crippen LogP contribution >= 0.6 is 23.4 Å². The predicted molar refractivity (Wildman–Crippen MR) is 147 cm³/mol. The van der Waals surface area contributed by atoms with E-state index in [-0.39, 0.29) is 28.2 Å². The van der Waals surface area contributed by atoms with Gasteiger partial charge in [-0.3, -0.25) is 9.52 Å². The molecule has 12 heteroatoms. The van der Waals surface area contributed by atoms with Gasteiger partial charge in [-0.1, -0.05) is 41.4 Å². The molecule has 0 aliphatic carbocycles. The van der Waals surface area contributed by atoms with Gasteiger partial charge in [0.2, 0.25) is 5.91 Å². The van der Waals surface area contributed by atoms with Crippen LogP contribution in [-0.4, -0.2) is 35.3 Å². The zero-order valence-electron chi connectivity index (χ0n) is 20.1. The van der Waals surface area contributed by atoms with Gasteiger partial charge in [0.1, 0.15) is 11.1 Å². The van der Waals surface area contributed by atoms with E-state index in [2.05, 4.69) is 31.3 Å². The maximum Gasteiger partial charge on any atom is 0.263 e. The highest BCUT2D eigenvalue weighted by atomic mass is 35.5. The minimum atomic E-state index is -3.89. The van der Waals surface area contributed by atoms with Crippen molar-refractivity contribution in [2.75, 3.05) is 15.8 Å². The summed E-state index contributed by atoms with van der Waals surface area (Å²) in [7, 11) is -3.89. The highest BCUT2D eigenvalue weighted by Gasteiger charge is 2.16. The Kier molecular flexibility index (Phi) is 8.58. The first-order chi connectivity index (χ1) is 18.2. The van der Waals surface area contributed by atoms with Gasteiger partial charge in [0.05, 0.1) is 16.2 Å². The molecule has 0 bridgehead atoms. The van der Waals surface area contributed by atoms with Gasteiger partial charge in [0, 0.05) is 23.4 Å². The van der Waals surface area contributed by atoms with Crippen LogP contribution in [0, 0.1) is 18.3 Å². The fraction of sp³-hybridized carbons (Fsp3) is 0.115. The first kappa shape index (κ1) is 27.1. The number of thioether (sulfide) groups is 1. The lowest BCUT2D eigenvalue weighted by Gasteiger charge is -2.09. The quantitative estimate of drug-likeness (QED) is 0.261. The van der Waals surface area contributed by atoms with Crippen LogP contribution in [0.2, 0.25) is 5.15 Å². The molecule has 0 aliphatic heterocycles. The molecule has 4 aromatic rings. The summed E-state index contributed by atoms with van der Waals surface area (Å²) in [5, 5.41) is 20.2. The molecule has 9 nitrogen and oxygen atoms in total. The molecule has 0 radical (unpaired) electrons. The van der Waals surface area contributed by atoms with Crippen molar-refractivity contribution < 1.29 is 13.2 Å². The molecule has 2 aromatic heterocycles. The molecular formula is C26H21ClN6O3S2. The minimum Gasteiger partial charge on any atom is -0.326 e. The number of anilines is 2. The summed E-state index contributed by atoms with van der Waals surface area (Å²) in [4.78, 5) is 17.1. The van der Waals surface area contributed by atoms with E-state index >= 15 is 0 Å². The highest BCUT2D eigenvalue weighted by molar-refractivity contribution is 7.99. The molecule has 2 N–H and O–H groups in total. The monoisotopic (exact) mass is 564 g/mol. The van der Waals surface area contributed by atoms with Crippen molar-refractivity contribution >= 4 is 50.8 Å². The van der Waals surface area contributed by atoms with Gasteiger partial charge < -0.3 is 5.32 Å². The zero-order valence-corrected chi connectivity index (χ0v) is 22.4. The molecule has 192 valence electrons. The van der Waals surface area contributed by atoms with Crippen LogP contribution in [0.25, 0.3) is 11.3 Å². The predicted octanol–water partition coefficient (Wildman–Crippen LogP) is 5.29. The number of aryl methyl sites for hydroxylation is 1. The number of aromatic nitrogens is 3. The molecule has 4 rings (SSSR count). The Labute approximate surface area is 229 Å². The summed E-state index contributed by atoms with van der Waals surface area (Å²) >= 11 is 7.00. The van der Waals surface area contributed by atoms with E-state index in [4.69, 9.17) is 11.6 Å². The normalized spacial score (nSPS) is 11.0. The fourth-order valence-electron chi connectivity index (χ4n) is 3.27. The van der Waals surface area contributed by atoms with Crippen molar-refractivity contribution in [3.05, 3.63) is 89.1 Å². The number of carbonyl (C=O) groups excluding carboxylic acids is 1. The third-order valence-corrected chi connectivity index (χ3v) is 7.78. The van der Waals surface area contributed by atoms with Crippen LogP contribution in [0.1, 0.15) is 17.5 Å². The largest absolute Gasteiger partial charge is 0.326 e. The van der Waals surface area contributed by atoms with E-state index in [1.54, 1.807) is 6.07 Å². The zero-order chi connectivity index (χ0) is 27.1. The first-order valence-electron chi connectivity index (χ1n) is 11.3. The van der Waals surface area contributed by atoms with E-state index in [9.17, 15) is 18.5 Å². The van der Waals surface area contributed by atoms with Crippen molar-refractivity contribution in [2.45, 2.75) is 23.3 Å². The van der Waals surface area contributed by atoms with Crippen molar-refractivity contribution in [3.63, 3.8) is 0 Å². The van der Waals surface area contributed by atoms with Gasteiger partial charge in [0.25, 0.3) is 10.0 Å². The topological polar surface area (TPSA) is 138 Å². The molecule has 0 aliphatic rings. The Morgan fingerprint density at radius 1 is 1.00 bits per heavy atom. The average molecular weight is 565 g/mol. The summed E-state index contributed by atoms with van der Waals surface area (Å²) in [5.41, 5.74) is 3.73. The number of halogens is 1. The van der Waals surface area contributed by atoms with Gasteiger partial charge in [0.15, 0.2) is 11.0 Å². The molecule has 2 aromatic carbocycles. The van der Waals surface area contributed by atoms with E-state index in [1.807, 2.05) is 37.3 Å². The van der Waals surface area contributed by atoms with Crippen molar-refractivity contribution in [3.8, 4) is 17.3 Å². The SMILES string of the molecule is Cc1ccc(-c2ccc(C#N)c(SCCC(=O)Nc3ccc(S(=O)(=O)Nc4ccc(Cl)nn4)cc3)n2)cc1. The Hall–Kier alpha value is -3.98. The number of pyridine rings is 1. The van der Waals surface area contributed by atoms with Gasteiger partial charge in [-0.05, 0) is 55.5 Å². The van der Waals surface area contributed by atoms with Crippen molar-refractivity contribution in [1.82, 2.24) is 15.2 Å². The molecular weight excluding hydrogens is 544 g/mol. The maximum atomic E-state index is 12.5. The van der Waals surface area contributed by atoms with Crippen LogP contribution in [0.4, 0.5) is 11.5 Å². The van der Waals surface area contributed by atoms with Crippen LogP contribution in [0.3, 0.4) is 0 Å². The number of nitrogens with zero attached hydrogens (tertiary/aromatic N) is 4. The standard InChI is InChI=1S/C26H21ClN6O3S2/c1-17-2-4-18(5-3-17)22-11-6-19(16-28)26(30-22)37-15-14-25(34)29-20-7-9-21(10-8-20)38(35,36)33-24-13-12-23(27)31-32-24/h2-13H,14-15H2,1H3,(H,29,34)(H,32,33). The molecule has 0 atom stereocenters. The van der Waals surface area contributed by atoms with E-state index in [1.165, 1.54) is 48.2 Å². The van der Waals surface area contributed by atoms with Crippen LogP contribution < -0.4 is 10.0 Å². The number of nitriles is 1. The first-order valence-corrected chi connectivity index (χ1v) is 14.1. The number of benzene rings is 2. The number of rotatable bonds is 9. The Morgan fingerprint density at radius 2 is 1.74 bits per heavy atom. The number of amides is 1. The van der Waals surface area contributed by atoms with Crippen molar-refractivity contribution in [2.24, 2.45) is 0 Å². The van der Waals surface area contributed by atoms with E-state index in [0.29, 0.717) is 22.0 Å². The summed E-state index contributed by atoms with van der Waals surface area (Å²) in [6.45, 7) is 2.01. The highest BCUT2D eigenvalue weighted by Crippen LogP contribution is 2.26. The number of sulfonamides is 1. The number of hydrogen-bond donors (Lipinski definition) is 2. The van der Waals surface area contributed by atoms with E-state index in [0.717, 1.165) is 16.8 Å². The Balaban J connectivity index is 1.33. The molecule has 38 heavy (non-hydrogen) atoms. The Morgan fingerprint density at radius 3 is 2.39 bits per heavy atom. The summed E-state index contributed by atoms with van der Waals surface area (Å²) in [6.07, 6.45) is 0.169. The molecule has 0 saturated carbocycles. The fourth-order valence-corrected chi connectivity index (χ4v) is 5.28. The molecule has 0 unspecified atom stereocenters. The maximum absolute atomic E-state index is 12.5.